The SMILES string of the molecule is CC(=O)C[C@H]1CC[C@H](N2CCC(n3cc(C(C)C)cn3)CC2)CC1. The highest BCUT2D eigenvalue weighted by Gasteiger charge is 2.30. The maximum atomic E-state index is 11.3. The van der Waals surface area contributed by atoms with E-state index in [1.165, 1.54) is 57.2 Å². The summed E-state index contributed by atoms with van der Waals surface area (Å²) >= 11 is 0. The Morgan fingerprint density at radius 3 is 2.33 bits per heavy atom. The van der Waals surface area contributed by atoms with Gasteiger partial charge in [-0.3, -0.25) is 4.68 Å². The highest BCUT2D eigenvalue weighted by molar-refractivity contribution is 5.75. The van der Waals surface area contributed by atoms with Crippen LogP contribution in [0.25, 0.3) is 0 Å². The minimum Gasteiger partial charge on any atom is -0.300 e. The normalized spacial score (nSPS) is 26.8. The number of carbonyl (C=O) groups excluding carboxylic acids is 1. The molecule has 1 aromatic rings. The highest BCUT2D eigenvalue weighted by atomic mass is 16.1. The summed E-state index contributed by atoms with van der Waals surface area (Å²) in [6, 6.07) is 1.32. The van der Waals surface area contributed by atoms with E-state index >= 15 is 0 Å². The lowest BCUT2D eigenvalue weighted by molar-refractivity contribution is -0.118. The third kappa shape index (κ3) is 4.27. The number of piperidine rings is 1. The average molecular weight is 332 g/mol. The van der Waals surface area contributed by atoms with Crippen molar-refractivity contribution in [3.8, 4) is 0 Å². The molecule has 4 heteroatoms. The molecule has 0 unspecified atom stereocenters. The van der Waals surface area contributed by atoms with Crippen molar-refractivity contribution in [1.29, 1.82) is 0 Å². The van der Waals surface area contributed by atoms with Gasteiger partial charge in [0, 0.05) is 31.7 Å². The fraction of sp³-hybridized carbons (Fsp3) is 0.800. The number of carbonyl (C=O) groups is 1. The van der Waals surface area contributed by atoms with Crippen molar-refractivity contribution in [3.63, 3.8) is 0 Å². The minimum absolute atomic E-state index is 0.360. The molecule has 1 saturated heterocycles. The largest absolute Gasteiger partial charge is 0.300 e. The lowest BCUT2D eigenvalue weighted by Gasteiger charge is -2.40. The van der Waals surface area contributed by atoms with E-state index in [4.69, 9.17) is 0 Å². The lowest BCUT2D eigenvalue weighted by atomic mass is 9.82. The number of ketones is 1. The Balaban J connectivity index is 1.46. The van der Waals surface area contributed by atoms with Gasteiger partial charge in [-0.1, -0.05) is 13.8 Å². The van der Waals surface area contributed by atoms with Crippen LogP contribution in [0.2, 0.25) is 0 Å². The molecule has 0 atom stereocenters. The number of hydrogen-bond donors (Lipinski definition) is 0. The van der Waals surface area contributed by atoms with E-state index < -0.39 is 0 Å². The number of Topliss-reactive ketones (excluding diaryl/α,β-unsaturated/α-hetero) is 1. The Morgan fingerprint density at radius 1 is 1.12 bits per heavy atom. The monoisotopic (exact) mass is 331 g/mol. The van der Waals surface area contributed by atoms with E-state index in [1.54, 1.807) is 6.92 Å². The first-order valence-electron chi connectivity index (χ1n) is 9.80. The second kappa shape index (κ2) is 7.81. The second-order valence-corrected chi connectivity index (χ2v) is 8.26. The molecular weight excluding hydrogens is 298 g/mol. The van der Waals surface area contributed by atoms with Gasteiger partial charge in [0.15, 0.2) is 0 Å². The van der Waals surface area contributed by atoms with Gasteiger partial charge in [0.1, 0.15) is 5.78 Å². The zero-order chi connectivity index (χ0) is 17.1. The number of nitrogens with zero attached hydrogens (tertiary/aromatic N) is 3. The molecule has 4 nitrogen and oxygen atoms in total. The summed E-state index contributed by atoms with van der Waals surface area (Å²) in [6.07, 6.45) is 12.5. The maximum absolute atomic E-state index is 11.3. The third-order valence-electron chi connectivity index (χ3n) is 6.07. The van der Waals surface area contributed by atoms with E-state index in [0.29, 0.717) is 23.7 Å². The molecule has 0 bridgehead atoms. The Bertz CT molecular complexity index is 535. The van der Waals surface area contributed by atoms with Gasteiger partial charge >= 0.3 is 0 Å². The summed E-state index contributed by atoms with van der Waals surface area (Å²) < 4.78 is 2.20. The standard InChI is InChI=1S/C20H33N3O/c1-15(2)18-13-21-23(14-18)20-8-10-22(11-9-20)19-6-4-17(5-7-19)12-16(3)24/h13-15,17,19-20H,4-12H2,1-3H3/t17-,19-. The molecule has 1 aliphatic heterocycles. The number of hydrogen-bond acceptors (Lipinski definition) is 3. The fourth-order valence-corrected chi connectivity index (χ4v) is 4.49. The van der Waals surface area contributed by atoms with Gasteiger partial charge in [-0.15, -0.1) is 0 Å². The molecule has 3 rings (SSSR count). The first-order valence-corrected chi connectivity index (χ1v) is 9.80. The van der Waals surface area contributed by atoms with E-state index in [9.17, 15) is 4.79 Å². The van der Waals surface area contributed by atoms with Crippen molar-refractivity contribution < 1.29 is 4.79 Å². The Hall–Kier alpha value is -1.16. The van der Waals surface area contributed by atoms with Crippen molar-refractivity contribution >= 4 is 5.78 Å². The van der Waals surface area contributed by atoms with Gasteiger partial charge in [-0.25, -0.2) is 0 Å². The third-order valence-corrected chi connectivity index (χ3v) is 6.07. The Kier molecular flexibility index (Phi) is 5.75. The second-order valence-electron chi connectivity index (χ2n) is 8.26. The van der Waals surface area contributed by atoms with Crippen molar-refractivity contribution in [3.05, 3.63) is 18.0 Å². The Morgan fingerprint density at radius 2 is 1.79 bits per heavy atom. The zero-order valence-electron chi connectivity index (χ0n) is 15.6. The van der Waals surface area contributed by atoms with Crippen LogP contribution in [-0.4, -0.2) is 39.6 Å². The number of aromatic nitrogens is 2. The van der Waals surface area contributed by atoms with Gasteiger partial charge in [-0.05, 0) is 62.8 Å². The molecular formula is C20H33N3O. The molecule has 2 aliphatic rings. The number of rotatable bonds is 5. The Labute approximate surface area is 146 Å². The number of likely N-dealkylation sites (tertiary alicyclic amines) is 1. The van der Waals surface area contributed by atoms with Crippen LogP contribution in [0.1, 0.15) is 83.2 Å². The van der Waals surface area contributed by atoms with Gasteiger partial charge < -0.3 is 9.69 Å². The predicted octanol–water partition coefficient (Wildman–Crippen LogP) is 4.18. The van der Waals surface area contributed by atoms with E-state index in [2.05, 4.69) is 34.7 Å². The van der Waals surface area contributed by atoms with Crippen LogP contribution < -0.4 is 0 Å². The van der Waals surface area contributed by atoms with Crippen molar-refractivity contribution in [1.82, 2.24) is 14.7 Å². The minimum atomic E-state index is 0.360. The average Bonchev–Trinajstić information content (AvgIpc) is 3.05. The predicted molar refractivity (Wildman–Crippen MR) is 97.2 cm³/mol. The van der Waals surface area contributed by atoms with Gasteiger partial charge in [0.05, 0.1) is 12.2 Å². The van der Waals surface area contributed by atoms with E-state index in [1.807, 2.05) is 6.20 Å². The van der Waals surface area contributed by atoms with Crippen LogP contribution in [0.4, 0.5) is 0 Å². The van der Waals surface area contributed by atoms with Crippen LogP contribution >= 0.6 is 0 Å². The lowest BCUT2D eigenvalue weighted by Crippen LogP contribution is -2.43. The summed E-state index contributed by atoms with van der Waals surface area (Å²) in [4.78, 5) is 14.0. The van der Waals surface area contributed by atoms with E-state index in [0.717, 1.165) is 12.5 Å². The molecule has 2 fully saturated rings. The quantitative estimate of drug-likeness (QED) is 0.812. The molecule has 1 saturated carbocycles. The maximum Gasteiger partial charge on any atom is 0.130 e. The molecule has 1 aliphatic carbocycles. The molecule has 0 amide bonds. The molecule has 2 heterocycles. The first kappa shape index (κ1) is 17.7. The summed E-state index contributed by atoms with van der Waals surface area (Å²) in [7, 11) is 0. The molecule has 0 aromatic carbocycles. The topological polar surface area (TPSA) is 38.1 Å². The molecule has 134 valence electrons. The highest BCUT2D eigenvalue weighted by Crippen LogP contribution is 2.33. The zero-order valence-corrected chi connectivity index (χ0v) is 15.6. The summed E-state index contributed by atoms with van der Waals surface area (Å²) in [5, 5.41) is 4.60. The molecule has 24 heavy (non-hydrogen) atoms. The first-order chi connectivity index (χ1) is 11.5. The van der Waals surface area contributed by atoms with Gasteiger partial charge in [0.25, 0.3) is 0 Å². The smallest absolute Gasteiger partial charge is 0.130 e. The molecule has 0 radical (unpaired) electrons. The van der Waals surface area contributed by atoms with Crippen molar-refractivity contribution in [2.24, 2.45) is 5.92 Å². The van der Waals surface area contributed by atoms with Crippen LogP contribution in [-0.2, 0) is 4.79 Å². The van der Waals surface area contributed by atoms with E-state index in [-0.39, 0.29) is 0 Å². The van der Waals surface area contributed by atoms with Gasteiger partial charge in [0.2, 0.25) is 0 Å². The van der Waals surface area contributed by atoms with Crippen LogP contribution in [0.3, 0.4) is 0 Å². The fourth-order valence-electron chi connectivity index (χ4n) is 4.49. The van der Waals surface area contributed by atoms with Crippen LogP contribution in [0.15, 0.2) is 12.4 Å². The van der Waals surface area contributed by atoms with Crippen LogP contribution in [0.5, 0.6) is 0 Å². The summed E-state index contributed by atoms with van der Waals surface area (Å²) in [5.74, 6) is 1.57. The molecule has 0 spiro atoms. The van der Waals surface area contributed by atoms with Crippen molar-refractivity contribution in [2.45, 2.75) is 83.7 Å². The summed E-state index contributed by atoms with van der Waals surface area (Å²) in [6.45, 7) is 8.59. The van der Waals surface area contributed by atoms with Crippen LogP contribution in [0, 0.1) is 5.92 Å². The molecule has 1 aromatic heterocycles. The molecule has 0 N–H and O–H groups in total. The van der Waals surface area contributed by atoms with Crippen molar-refractivity contribution in [2.75, 3.05) is 13.1 Å². The van der Waals surface area contributed by atoms with Gasteiger partial charge in [-0.2, -0.15) is 5.10 Å². The summed E-state index contributed by atoms with van der Waals surface area (Å²) in [5.41, 5.74) is 1.35.